The van der Waals surface area contributed by atoms with Crippen molar-refractivity contribution in [2.75, 3.05) is 47.5 Å². The third-order valence-corrected chi connectivity index (χ3v) is 14.2. The van der Waals surface area contributed by atoms with E-state index in [1.54, 1.807) is 0 Å². The SMILES string of the molecule is CCCCCCC/C=C\C/C=C\CCCCCCCCCCCCCCCC(=O)OC(COC(=O)CCCCCCCCCCCCCCCCCCCCCCCCC)COC(OCC[N+](C)(C)C)C(=O)O. The van der Waals surface area contributed by atoms with Crippen LogP contribution in [-0.2, 0) is 33.3 Å². The van der Waals surface area contributed by atoms with E-state index in [1.165, 1.54) is 238 Å². The van der Waals surface area contributed by atoms with Crippen molar-refractivity contribution in [3.63, 3.8) is 0 Å². The molecule has 0 saturated heterocycles. The number of allylic oxidation sites excluding steroid dienone is 4. The normalized spacial score (nSPS) is 12.8. The monoisotopic (exact) mass is 1030 g/mol. The summed E-state index contributed by atoms with van der Waals surface area (Å²) in [5.41, 5.74) is 0. The van der Waals surface area contributed by atoms with Crippen LogP contribution in [0.1, 0.15) is 309 Å². The standard InChI is InChI=1S/C64H121NO8/c1-6-8-10-12-14-16-18-20-22-24-26-28-30-31-33-35-37-39-41-43-45-47-49-51-53-55-62(67)73-60(59-72-64(63(68)69)70-57-56-65(3,4)5)58-71-61(66)54-52-50-48-46-44-42-40-38-36-34-32-29-27-25-23-21-19-17-15-13-11-9-7-2/h18,20,24,26,60,64H,6-17,19,21-23,25,27-59H2,1-5H3/p+1/b20-18-,26-24-. The van der Waals surface area contributed by atoms with E-state index in [0.29, 0.717) is 17.4 Å². The van der Waals surface area contributed by atoms with Crippen molar-refractivity contribution in [2.24, 2.45) is 0 Å². The Morgan fingerprint density at radius 2 is 0.740 bits per heavy atom. The zero-order chi connectivity index (χ0) is 53.4. The minimum Gasteiger partial charge on any atom is -0.477 e. The van der Waals surface area contributed by atoms with Crippen LogP contribution in [0.5, 0.6) is 0 Å². The number of rotatable bonds is 59. The average molecular weight is 1030 g/mol. The molecule has 0 spiro atoms. The average Bonchev–Trinajstić information content (AvgIpc) is 3.36. The maximum Gasteiger partial charge on any atom is 0.361 e. The van der Waals surface area contributed by atoms with Crippen molar-refractivity contribution in [1.82, 2.24) is 0 Å². The van der Waals surface area contributed by atoms with Gasteiger partial charge >= 0.3 is 17.9 Å². The number of likely N-dealkylation sites (N-methyl/N-ethyl adjacent to an activating group) is 1. The van der Waals surface area contributed by atoms with E-state index in [9.17, 15) is 19.5 Å². The molecule has 0 aromatic carbocycles. The Hall–Kier alpha value is -2.23. The van der Waals surface area contributed by atoms with Gasteiger partial charge in [-0.15, -0.1) is 0 Å². The lowest BCUT2D eigenvalue weighted by molar-refractivity contribution is -0.870. The first-order valence-electron chi connectivity index (χ1n) is 31.5. The van der Waals surface area contributed by atoms with Crippen LogP contribution in [0.2, 0.25) is 0 Å². The molecule has 73 heavy (non-hydrogen) atoms. The summed E-state index contributed by atoms with van der Waals surface area (Å²) in [6.45, 7) is 4.93. The molecule has 0 saturated carbocycles. The van der Waals surface area contributed by atoms with Gasteiger partial charge in [-0.2, -0.15) is 0 Å². The highest BCUT2D eigenvalue weighted by Crippen LogP contribution is 2.18. The van der Waals surface area contributed by atoms with Crippen molar-refractivity contribution < 1.29 is 42.9 Å². The lowest BCUT2D eigenvalue weighted by Gasteiger charge is -2.25. The van der Waals surface area contributed by atoms with Crippen LogP contribution in [0, 0.1) is 0 Å². The van der Waals surface area contributed by atoms with E-state index < -0.39 is 18.4 Å². The quantitative estimate of drug-likeness (QED) is 0.0211. The second-order valence-electron chi connectivity index (χ2n) is 22.7. The zero-order valence-corrected chi connectivity index (χ0v) is 49.1. The molecule has 0 aromatic rings. The molecule has 0 rings (SSSR count). The van der Waals surface area contributed by atoms with E-state index in [4.69, 9.17) is 18.9 Å². The fraction of sp³-hybridized carbons (Fsp3) is 0.891. The van der Waals surface area contributed by atoms with Gasteiger partial charge in [0.2, 0.25) is 0 Å². The van der Waals surface area contributed by atoms with Crippen LogP contribution in [0.15, 0.2) is 24.3 Å². The highest BCUT2D eigenvalue weighted by atomic mass is 16.7. The maximum atomic E-state index is 12.9. The third-order valence-electron chi connectivity index (χ3n) is 14.2. The van der Waals surface area contributed by atoms with Gasteiger partial charge in [-0.05, 0) is 44.9 Å². The van der Waals surface area contributed by atoms with E-state index in [2.05, 4.69) is 38.2 Å². The Balaban J connectivity index is 4.16. The predicted octanol–water partition coefficient (Wildman–Crippen LogP) is 18.7. The number of carbonyl (C=O) groups is 3. The topological polar surface area (TPSA) is 108 Å². The fourth-order valence-corrected chi connectivity index (χ4v) is 9.34. The summed E-state index contributed by atoms with van der Waals surface area (Å²) in [5, 5.41) is 9.72. The van der Waals surface area contributed by atoms with Gasteiger partial charge in [0.05, 0.1) is 34.4 Å². The van der Waals surface area contributed by atoms with Gasteiger partial charge in [0.25, 0.3) is 6.29 Å². The zero-order valence-electron chi connectivity index (χ0n) is 49.1. The number of quaternary nitrogens is 1. The van der Waals surface area contributed by atoms with Gasteiger partial charge < -0.3 is 28.5 Å². The molecule has 2 unspecified atom stereocenters. The maximum absolute atomic E-state index is 12.9. The van der Waals surface area contributed by atoms with Crippen LogP contribution < -0.4 is 0 Å². The van der Waals surface area contributed by atoms with Gasteiger partial charge in [-0.3, -0.25) is 9.59 Å². The number of carboxylic acids is 1. The Kier molecular flexibility index (Phi) is 54.3. The number of hydrogen-bond donors (Lipinski definition) is 1. The Morgan fingerprint density at radius 1 is 0.411 bits per heavy atom. The lowest BCUT2D eigenvalue weighted by atomic mass is 10.0. The molecular weight excluding hydrogens is 911 g/mol. The van der Waals surface area contributed by atoms with Crippen molar-refractivity contribution >= 4 is 17.9 Å². The Bertz CT molecular complexity index is 1250. The molecule has 0 bridgehead atoms. The number of nitrogens with zero attached hydrogens (tertiary/aromatic N) is 1. The Labute approximate surface area is 452 Å². The Morgan fingerprint density at radius 3 is 1.08 bits per heavy atom. The minimum atomic E-state index is -1.51. The summed E-state index contributed by atoms with van der Waals surface area (Å²) in [6, 6.07) is 0. The van der Waals surface area contributed by atoms with E-state index >= 15 is 0 Å². The van der Waals surface area contributed by atoms with Crippen LogP contribution in [-0.4, -0.2) is 87.4 Å². The molecule has 0 radical (unpaired) electrons. The molecule has 9 heteroatoms. The van der Waals surface area contributed by atoms with Gasteiger partial charge in [-0.25, -0.2) is 4.79 Å². The summed E-state index contributed by atoms with van der Waals surface area (Å²) in [5.74, 6) is -1.98. The van der Waals surface area contributed by atoms with Crippen LogP contribution in [0.25, 0.3) is 0 Å². The first kappa shape index (κ1) is 70.8. The number of aliphatic carboxylic acids is 1. The smallest absolute Gasteiger partial charge is 0.361 e. The van der Waals surface area contributed by atoms with Crippen molar-refractivity contribution in [2.45, 2.75) is 322 Å². The second kappa shape index (κ2) is 56.0. The molecule has 2 atom stereocenters. The molecule has 0 aliphatic heterocycles. The first-order valence-corrected chi connectivity index (χ1v) is 31.5. The number of carboxylic acid groups (broad SMARTS) is 1. The molecule has 0 amide bonds. The number of ether oxygens (including phenoxy) is 4. The van der Waals surface area contributed by atoms with E-state index in [0.717, 1.165) is 44.9 Å². The van der Waals surface area contributed by atoms with Crippen LogP contribution in [0.3, 0.4) is 0 Å². The van der Waals surface area contributed by atoms with Crippen LogP contribution in [0.4, 0.5) is 0 Å². The highest BCUT2D eigenvalue weighted by Gasteiger charge is 2.25. The second-order valence-corrected chi connectivity index (χ2v) is 22.7. The van der Waals surface area contributed by atoms with Crippen molar-refractivity contribution in [1.29, 1.82) is 0 Å². The molecule has 0 aliphatic rings. The molecule has 0 aromatic heterocycles. The molecule has 0 aliphatic carbocycles. The van der Waals surface area contributed by atoms with E-state index in [1.807, 2.05) is 21.1 Å². The van der Waals surface area contributed by atoms with Gasteiger partial charge in [0.15, 0.2) is 6.10 Å². The predicted molar refractivity (Wildman–Crippen MR) is 309 cm³/mol. The molecule has 1 N–H and O–H groups in total. The van der Waals surface area contributed by atoms with Crippen LogP contribution >= 0.6 is 0 Å². The summed E-state index contributed by atoms with van der Waals surface area (Å²) < 4.78 is 22.9. The van der Waals surface area contributed by atoms with Crippen molar-refractivity contribution in [3.05, 3.63) is 24.3 Å². The van der Waals surface area contributed by atoms with Gasteiger partial charge in [0.1, 0.15) is 13.2 Å². The summed E-state index contributed by atoms with van der Waals surface area (Å²) in [6.07, 6.45) is 64.1. The molecule has 430 valence electrons. The third kappa shape index (κ3) is 57.3. The number of carbonyl (C=O) groups excluding carboxylic acids is 2. The summed E-state index contributed by atoms with van der Waals surface area (Å²) >= 11 is 0. The largest absolute Gasteiger partial charge is 0.477 e. The minimum absolute atomic E-state index is 0.176. The highest BCUT2D eigenvalue weighted by molar-refractivity contribution is 5.71. The van der Waals surface area contributed by atoms with E-state index in [-0.39, 0.29) is 38.2 Å². The molecule has 0 fully saturated rings. The molecule has 9 nitrogen and oxygen atoms in total. The summed E-state index contributed by atoms with van der Waals surface area (Å²) in [4.78, 5) is 37.5. The lowest BCUT2D eigenvalue weighted by Crippen LogP contribution is -2.40. The summed E-state index contributed by atoms with van der Waals surface area (Å²) in [7, 11) is 5.98. The van der Waals surface area contributed by atoms with Crippen molar-refractivity contribution in [3.8, 4) is 0 Å². The fourth-order valence-electron chi connectivity index (χ4n) is 9.34. The number of esters is 2. The first-order chi connectivity index (χ1) is 35.6. The molecular formula is C64H122NO8+. The molecule has 0 heterocycles. The van der Waals surface area contributed by atoms with Gasteiger partial charge in [0, 0.05) is 12.8 Å². The van der Waals surface area contributed by atoms with Gasteiger partial charge in [-0.1, -0.05) is 276 Å². The number of unbranched alkanes of at least 4 members (excludes halogenated alkanes) is 40. The number of hydrogen-bond acceptors (Lipinski definition) is 7.